The van der Waals surface area contributed by atoms with Crippen molar-refractivity contribution in [2.75, 3.05) is 13.1 Å². The van der Waals surface area contributed by atoms with E-state index in [0.29, 0.717) is 11.6 Å². The lowest BCUT2D eigenvalue weighted by Gasteiger charge is -2.33. The molecule has 0 fully saturated rings. The molecule has 0 saturated carbocycles. The number of nitrogens with zero attached hydrogens (tertiary/aromatic N) is 2. The number of carbonyl (C=O) groups excluding carboxylic acids is 1. The highest BCUT2D eigenvalue weighted by Crippen LogP contribution is 2.36. The molecule has 1 unspecified atom stereocenters. The van der Waals surface area contributed by atoms with Crippen LogP contribution < -0.4 is 5.43 Å². The lowest BCUT2D eigenvalue weighted by molar-refractivity contribution is 0.0956. The predicted octanol–water partition coefficient (Wildman–Crippen LogP) is 2.40. The van der Waals surface area contributed by atoms with Gasteiger partial charge in [-0.3, -0.25) is 9.69 Å². The molecule has 5 nitrogen and oxygen atoms in total. The number of aromatic amines is 1. The number of hydrazone groups is 1. The van der Waals surface area contributed by atoms with Crippen molar-refractivity contribution < 1.29 is 4.79 Å². The molecule has 108 valence electrons. The van der Waals surface area contributed by atoms with E-state index in [9.17, 15) is 4.79 Å². The third-order valence-corrected chi connectivity index (χ3v) is 4.51. The summed E-state index contributed by atoms with van der Waals surface area (Å²) in [7, 11) is 0. The Bertz CT molecular complexity index is 774. The summed E-state index contributed by atoms with van der Waals surface area (Å²) in [6, 6.07) is 6.13. The van der Waals surface area contributed by atoms with Crippen LogP contribution in [0.2, 0.25) is 0 Å². The number of aromatic nitrogens is 1. The predicted molar refractivity (Wildman–Crippen MR) is 82.6 cm³/mol. The number of hydrogen-bond donors (Lipinski definition) is 2. The van der Waals surface area contributed by atoms with Crippen molar-refractivity contribution in [1.82, 2.24) is 15.3 Å². The summed E-state index contributed by atoms with van der Waals surface area (Å²) in [4.78, 5) is 18.1. The van der Waals surface area contributed by atoms with Gasteiger partial charge in [0.2, 0.25) is 0 Å². The van der Waals surface area contributed by atoms with Crippen LogP contribution in [0.3, 0.4) is 0 Å². The fourth-order valence-corrected chi connectivity index (χ4v) is 3.49. The first kappa shape index (κ1) is 12.6. The van der Waals surface area contributed by atoms with Gasteiger partial charge in [0.25, 0.3) is 5.91 Å². The molecule has 2 aliphatic rings. The van der Waals surface area contributed by atoms with Crippen molar-refractivity contribution >= 4 is 22.5 Å². The van der Waals surface area contributed by atoms with E-state index < -0.39 is 0 Å². The molecule has 1 aromatic heterocycles. The zero-order chi connectivity index (χ0) is 14.6. The van der Waals surface area contributed by atoms with E-state index in [0.717, 1.165) is 41.7 Å². The van der Waals surface area contributed by atoms with Gasteiger partial charge in [0.1, 0.15) is 0 Å². The largest absolute Gasteiger partial charge is 0.357 e. The molecule has 4 rings (SSSR count). The van der Waals surface area contributed by atoms with Crippen molar-refractivity contribution in [1.29, 1.82) is 0 Å². The molecule has 5 heteroatoms. The monoisotopic (exact) mass is 282 g/mol. The average molecular weight is 282 g/mol. The Hall–Kier alpha value is -2.14. The number of H-pyrrole nitrogens is 1. The summed E-state index contributed by atoms with van der Waals surface area (Å²) in [5.74, 6) is -0.126. The van der Waals surface area contributed by atoms with E-state index in [1.54, 1.807) is 0 Å². The van der Waals surface area contributed by atoms with Gasteiger partial charge in [-0.1, -0.05) is 13.0 Å². The topological polar surface area (TPSA) is 60.5 Å². The Morgan fingerprint density at radius 3 is 3.10 bits per heavy atom. The van der Waals surface area contributed by atoms with Crippen molar-refractivity contribution in [2.24, 2.45) is 5.10 Å². The zero-order valence-corrected chi connectivity index (χ0v) is 12.2. The first-order valence-corrected chi connectivity index (χ1v) is 7.46. The maximum Gasteiger partial charge on any atom is 0.272 e. The molecule has 0 aliphatic carbocycles. The number of rotatable bonds is 2. The highest BCUT2D eigenvalue weighted by Gasteiger charge is 2.33. The maximum atomic E-state index is 12.2. The highest BCUT2D eigenvalue weighted by molar-refractivity contribution is 6.21. The van der Waals surface area contributed by atoms with E-state index in [2.05, 4.69) is 34.3 Å². The Morgan fingerprint density at radius 2 is 2.29 bits per heavy atom. The molecule has 3 heterocycles. The molecule has 1 amide bonds. The second-order valence-corrected chi connectivity index (χ2v) is 5.79. The summed E-state index contributed by atoms with van der Waals surface area (Å²) in [6.45, 7) is 6.20. The number of hydrogen-bond acceptors (Lipinski definition) is 3. The molecule has 2 aromatic rings. The van der Waals surface area contributed by atoms with E-state index in [-0.39, 0.29) is 5.91 Å². The van der Waals surface area contributed by atoms with Crippen molar-refractivity contribution in [2.45, 2.75) is 26.3 Å². The van der Waals surface area contributed by atoms with Crippen LogP contribution in [0.4, 0.5) is 0 Å². The fourth-order valence-electron chi connectivity index (χ4n) is 3.49. The summed E-state index contributed by atoms with van der Waals surface area (Å²) >= 11 is 0. The van der Waals surface area contributed by atoms with E-state index in [4.69, 9.17) is 0 Å². The van der Waals surface area contributed by atoms with Crippen LogP contribution in [0.25, 0.3) is 10.9 Å². The molecule has 2 aliphatic heterocycles. The van der Waals surface area contributed by atoms with E-state index >= 15 is 0 Å². The minimum absolute atomic E-state index is 0.126. The van der Waals surface area contributed by atoms with Gasteiger partial charge in [0.15, 0.2) is 0 Å². The van der Waals surface area contributed by atoms with Gasteiger partial charge in [-0.15, -0.1) is 0 Å². The number of amides is 1. The van der Waals surface area contributed by atoms with Gasteiger partial charge in [-0.2, -0.15) is 5.10 Å². The zero-order valence-electron chi connectivity index (χ0n) is 12.2. The first-order chi connectivity index (χ1) is 10.2. The standard InChI is InChI=1S/C16H18N4O/c1-3-7-20-8-12-14-13-10(16(21)19-18-12)5-4-6-11(13)17-15(14)9(20)2/h4-6,9,17H,3,7-8H2,1-2H3,(H,19,21). The molecule has 1 atom stereocenters. The number of carbonyl (C=O) groups is 1. The second-order valence-electron chi connectivity index (χ2n) is 5.79. The average Bonchev–Trinajstić information content (AvgIpc) is 2.82. The minimum atomic E-state index is -0.126. The van der Waals surface area contributed by atoms with E-state index in [1.807, 2.05) is 18.2 Å². The van der Waals surface area contributed by atoms with E-state index in [1.165, 1.54) is 5.69 Å². The molecule has 2 N–H and O–H groups in total. The Kier molecular flexibility index (Phi) is 2.65. The summed E-state index contributed by atoms with van der Waals surface area (Å²) < 4.78 is 0. The molecule has 0 bridgehead atoms. The normalized spacial score (nSPS) is 21.1. The molecular formula is C16H18N4O. The molecule has 21 heavy (non-hydrogen) atoms. The number of benzene rings is 1. The van der Waals surface area contributed by atoms with Crippen LogP contribution in [-0.2, 0) is 0 Å². The second kappa shape index (κ2) is 4.43. The van der Waals surface area contributed by atoms with Gasteiger partial charge in [-0.25, -0.2) is 5.43 Å². The van der Waals surface area contributed by atoms with Crippen LogP contribution in [-0.4, -0.2) is 34.6 Å². The third kappa shape index (κ3) is 1.67. The molecule has 0 saturated heterocycles. The molecular weight excluding hydrogens is 264 g/mol. The van der Waals surface area contributed by atoms with Crippen molar-refractivity contribution in [3.05, 3.63) is 35.0 Å². The van der Waals surface area contributed by atoms with Crippen LogP contribution in [0, 0.1) is 0 Å². The lowest BCUT2D eigenvalue weighted by atomic mass is 9.94. The molecule has 0 radical (unpaired) electrons. The third-order valence-electron chi connectivity index (χ3n) is 4.51. The van der Waals surface area contributed by atoms with Crippen LogP contribution in [0.1, 0.15) is 47.9 Å². The summed E-state index contributed by atoms with van der Waals surface area (Å²) in [5, 5.41) is 5.39. The minimum Gasteiger partial charge on any atom is -0.357 e. The van der Waals surface area contributed by atoms with Crippen molar-refractivity contribution in [3.63, 3.8) is 0 Å². The Labute approximate surface area is 123 Å². The van der Waals surface area contributed by atoms with Gasteiger partial charge in [-0.05, 0) is 32.0 Å². The van der Waals surface area contributed by atoms with Gasteiger partial charge >= 0.3 is 0 Å². The number of nitrogens with one attached hydrogen (secondary N) is 2. The Morgan fingerprint density at radius 1 is 1.43 bits per heavy atom. The van der Waals surface area contributed by atoms with Gasteiger partial charge in [0.05, 0.1) is 11.3 Å². The quantitative estimate of drug-likeness (QED) is 0.888. The lowest BCUT2D eigenvalue weighted by Crippen LogP contribution is -2.39. The van der Waals surface area contributed by atoms with Crippen LogP contribution >= 0.6 is 0 Å². The highest BCUT2D eigenvalue weighted by atomic mass is 16.2. The van der Waals surface area contributed by atoms with Gasteiger partial charge < -0.3 is 4.98 Å². The smallest absolute Gasteiger partial charge is 0.272 e. The Balaban J connectivity index is 2.02. The molecule has 0 spiro atoms. The molecule has 1 aromatic carbocycles. The summed E-state index contributed by atoms with van der Waals surface area (Å²) in [6.07, 6.45) is 1.10. The van der Waals surface area contributed by atoms with Crippen LogP contribution in [0.15, 0.2) is 23.3 Å². The van der Waals surface area contributed by atoms with Crippen molar-refractivity contribution in [3.8, 4) is 0 Å². The van der Waals surface area contributed by atoms with Gasteiger partial charge in [0, 0.05) is 34.7 Å². The SMILES string of the molecule is CCCN1CC2=NNC(=O)c3cccc4[nH]c(c2c34)C1C. The van der Waals surface area contributed by atoms with Crippen LogP contribution in [0.5, 0.6) is 0 Å². The first-order valence-electron chi connectivity index (χ1n) is 7.46. The summed E-state index contributed by atoms with van der Waals surface area (Å²) in [5.41, 5.74) is 7.67. The maximum absolute atomic E-state index is 12.2. The fraction of sp³-hybridized carbons (Fsp3) is 0.375.